The SMILES string of the molecule is CN(C)c1ccc2c(c1)-c1cc3ccc4cccc5ccc(c1C2)c3c45. The highest BCUT2D eigenvalue weighted by molar-refractivity contribution is 6.25. The van der Waals surface area contributed by atoms with Crippen molar-refractivity contribution in [3.05, 3.63) is 77.9 Å². The maximum Gasteiger partial charge on any atom is 0.0367 e. The van der Waals surface area contributed by atoms with E-state index in [4.69, 9.17) is 0 Å². The molecule has 0 N–H and O–H groups in total. The zero-order valence-electron chi connectivity index (χ0n) is 15.0. The van der Waals surface area contributed by atoms with Crippen molar-refractivity contribution in [1.29, 1.82) is 0 Å². The molecule has 26 heavy (non-hydrogen) atoms. The molecule has 6 rings (SSSR count). The number of hydrogen-bond acceptors (Lipinski definition) is 1. The van der Waals surface area contributed by atoms with Gasteiger partial charge in [0.1, 0.15) is 0 Å². The van der Waals surface area contributed by atoms with E-state index < -0.39 is 0 Å². The van der Waals surface area contributed by atoms with Crippen LogP contribution >= 0.6 is 0 Å². The van der Waals surface area contributed by atoms with Crippen molar-refractivity contribution in [2.24, 2.45) is 0 Å². The van der Waals surface area contributed by atoms with Crippen LogP contribution in [0.2, 0.25) is 0 Å². The van der Waals surface area contributed by atoms with Gasteiger partial charge < -0.3 is 4.90 Å². The number of fused-ring (bicyclic) bond motifs is 4. The van der Waals surface area contributed by atoms with Crippen molar-refractivity contribution in [3.63, 3.8) is 0 Å². The normalized spacial score (nSPS) is 12.8. The van der Waals surface area contributed by atoms with Gasteiger partial charge in [-0.1, -0.05) is 48.5 Å². The maximum atomic E-state index is 2.41. The molecule has 124 valence electrons. The molecule has 1 aliphatic rings. The molecule has 1 heteroatoms. The van der Waals surface area contributed by atoms with E-state index in [1.165, 1.54) is 60.3 Å². The number of hydrogen-bond donors (Lipinski definition) is 0. The van der Waals surface area contributed by atoms with E-state index in [-0.39, 0.29) is 0 Å². The van der Waals surface area contributed by atoms with Gasteiger partial charge in [0.25, 0.3) is 0 Å². The van der Waals surface area contributed by atoms with Crippen LogP contribution in [0.25, 0.3) is 43.4 Å². The zero-order chi connectivity index (χ0) is 17.4. The molecular weight excluding hydrogens is 314 g/mol. The first-order valence-corrected chi connectivity index (χ1v) is 9.21. The molecule has 0 aliphatic heterocycles. The third-order valence-corrected chi connectivity index (χ3v) is 6.03. The van der Waals surface area contributed by atoms with Gasteiger partial charge in [-0.25, -0.2) is 0 Å². The number of rotatable bonds is 1. The first-order chi connectivity index (χ1) is 12.7. The van der Waals surface area contributed by atoms with Gasteiger partial charge in [0, 0.05) is 19.8 Å². The summed E-state index contributed by atoms with van der Waals surface area (Å²) in [5, 5.41) is 8.29. The lowest BCUT2D eigenvalue weighted by atomic mass is 9.89. The Balaban J connectivity index is 1.75. The summed E-state index contributed by atoms with van der Waals surface area (Å²) in [6.07, 6.45) is 1.03. The number of nitrogens with zero attached hydrogens (tertiary/aromatic N) is 1. The topological polar surface area (TPSA) is 3.24 Å². The minimum atomic E-state index is 1.03. The molecular formula is C25H19N. The number of anilines is 1. The third-order valence-electron chi connectivity index (χ3n) is 6.03. The molecule has 5 aromatic rings. The van der Waals surface area contributed by atoms with E-state index >= 15 is 0 Å². The maximum absolute atomic E-state index is 2.41. The first-order valence-electron chi connectivity index (χ1n) is 9.21. The molecule has 0 saturated carbocycles. The highest BCUT2D eigenvalue weighted by atomic mass is 15.1. The Morgan fingerprint density at radius 3 is 2.27 bits per heavy atom. The summed E-state index contributed by atoms with van der Waals surface area (Å²) in [5.41, 5.74) is 7.01. The van der Waals surface area contributed by atoms with Crippen LogP contribution in [0.1, 0.15) is 11.1 Å². The lowest BCUT2D eigenvalue weighted by Crippen LogP contribution is -2.08. The highest BCUT2D eigenvalue weighted by Gasteiger charge is 2.23. The molecule has 0 aromatic heterocycles. The van der Waals surface area contributed by atoms with Crippen LogP contribution in [0.15, 0.2) is 66.7 Å². The highest BCUT2D eigenvalue weighted by Crippen LogP contribution is 2.46. The molecule has 0 spiro atoms. The van der Waals surface area contributed by atoms with Crippen LogP contribution in [0, 0.1) is 0 Å². The molecule has 1 nitrogen and oxygen atoms in total. The Bertz CT molecular complexity index is 1310. The molecule has 0 heterocycles. The lowest BCUT2D eigenvalue weighted by Gasteiger charge is -2.15. The van der Waals surface area contributed by atoms with Crippen molar-refractivity contribution in [2.45, 2.75) is 6.42 Å². The second-order valence-corrected chi connectivity index (χ2v) is 7.67. The van der Waals surface area contributed by atoms with E-state index in [2.05, 4.69) is 85.7 Å². The summed E-state index contributed by atoms with van der Waals surface area (Å²) in [4.78, 5) is 2.18. The van der Waals surface area contributed by atoms with Gasteiger partial charge in [-0.2, -0.15) is 0 Å². The summed E-state index contributed by atoms with van der Waals surface area (Å²) in [5.74, 6) is 0. The largest absolute Gasteiger partial charge is 0.378 e. The summed E-state index contributed by atoms with van der Waals surface area (Å²) in [7, 11) is 4.22. The summed E-state index contributed by atoms with van der Waals surface area (Å²) in [6, 6.07) is 25.1. The predicted molar refractivity (Wildman–Crippen MR) is 113 cm³/mol. The molecule has 1 aliphatic carbocycles. The second-order valence-electron chi connectivity index (χ2n) is 7.67. The fourth-order valence-electron chi connectivity index (χ4n) is 4.74. The van der Waals surface area contributed by atoms with Crippen molar-refractivity contribution in [1.82, 2.24) is 0 Å². The molecule has 0 atom stereocenters. The van der Waals surface area contributed by atoms with E-state index in [0.717, 1.165) is 6.42 Å². The van der Waals surface area contributed by atoms with Crippen LogP contribution in [0.5, 0.6) is 0 Å². The monoisotopic (exact) mass is 333 g/mol. The molecule has 0 bridgehead atoms. The third kappa shape index (κ3) is 1.70. The van der Waals surface area contributed by atoms with Crippen molar-refractivity contribution in [3.8, 4) is 11.1 Å². The molecule has 0 saturated heterocycles. The molecule has 5 aromatic carbocycles. The molecule has 0 amide bonds. The van der Waals surface area contributed by atoms with Crippen molar-refractivity contribution in [2.75, 3.05) is 19.0 Å². The Labute approximate surface area is 152 Å². The van der Waals surface area contributed by atoms with Gasteiger partial charge in [-0.15, -0.1) is 0 Å². The van der Waals surface area contributed by atoms with Crippen LogP contribution in [-0.2, 0) is 6.42 Å². The minimum Gasteiger partial charge on any atom is -0.378 e. The first kappa shape index (κ1) is 14.1. The molecule has 0 radical (unpaired) electrons. The summed E-state index contributed by atoms with van der Waals surface area (Å²) in [6.45, 7) is 0. The quantitative estimate of drug-likeness (QED) is 0.323. The Morgan fingerprint density at radius 2 is 1.46 bits per heavy atom. The van der Waals surface area contributed by atoms with Crippen LogP contribution in [0.3, 0.4) is 0 Å². The van der Waals surface area contributed by atoms with Crippen LogP contribution in [0.4, 0.5) is 5.69 Å². The van der Waals surface area contributed by atoms with E-state index in [1.54, 1.807) is 0 Å². The fourth-order valence-corrected chi connectivity index (χ4v) is 4.74. The average Bonchev–Trinajstić information content (AvgIpc) is 3.03. The van der Waals surface area contributed by atoms with E-state index in [1.807, 2.05) is 0 Å². The van der Waals surface area contributed by atoms with Crippen molar-refractivity contribution < 1.29 is 0 Å². The average molecular weight is 333 g/mol. The van der Waals surface area contributed by atoms with Gasteiger partial charge in [-0.3, -0.25) is 0 Å². The van der Waals surface area contributed by atoms with E-state index in [0.29, 0.717) is 0 Å². The lowest BCUT2D eigenvalue weighted by molar-refractivity contribution is 1.13. The van der Waals surface area contributed by atoms with Gasteiger partial charge in [0.15, 0.2) is 0 Å². The van der Waals surface area contributed by atoms with Gasteiger partial charge >= 0.3 is 0 Å². The standard InChI is InChI=1S/C25H19N/c1-26(2)19-10-8-17-12-22-20-11-9-16-5-3-4-15-6-7-18(25(20)24(15)16)13-23(22)21(17)14-19/h3-11,13-14H,12H2,1-2H3. The summed E-state index contributed by atoms with van der Waals surface area (Å²) >= 11 is 0. The van der Waals surface area contributed by atoms with Gasteiger partial charge in [0.2, 0.25) is 0 Å². The number of benzene rings is 5. The van der Waals surface area contributed by atoms with Crippen molar-refractivity contribution >= 4 is 38.0 Å². The molecule has 0 unspecified atom stereocenters. The Kier molecular flexibility index (Phi) is 2.59. The van der Waals surface area contributed by atoms with E-state index in [9.17, 15) is 0 Å². The van der Waals surface area contributed by atoms with Gasteiger partial charge in [0.05, 0.1) is 0 Å². The fraction of sp³-hybridized carbons (Fsp3) is 0.120. The smallest absolute Gasteiger partial charge is 0.0367 e. The minimum absolute atomic E-state index is 1.03. The zero-order valence-corrected chi connectivity index (χ0v) is 15.0. The van der Waals surface area contributed by atoms with Crippen LogP contribution < -0.4 is 4.90 Å². The second kappa shape index (κ2) is 4.76. The summed E-state index contributed by atoms with van der Waals surface area (Å²) < 4.78 is 0. The van der Waals surface area contributed by atoms with Crippen LogP contribution in [-0.4, -0.2) is 14.1 Å². The van der Waals surface area contributed by atoms with Gasteiger partial charge in [-0.05, 0) is 79.2 Å². The predicted octanol–water partition coefficient (Wildman–Crippen LogP) is 6.22. The molecule has 0 fully saturated rings. The Hall–Kier alpha value is -3.06. The Morgan fingerprint density at radius 1 is 0.692 bits per heavy atom.